The molecule has 0 aliphatic heterocycles. The second-order valence-electron chi connectivity index (χ2n) is 1.44. The number of rotatable bonds is 4. The number of hydrogen-bond acceptors (Lipinski definition) is 10. The molecule has 1 atom stereocenters. The van der Waals surface area contributed by atoms with Crippen LogP contribution < -0.4 is 12.3 Å². The minimum atomic E-state index is -5.02. The fourth-order valence-corrected chi connectivity index (χ4v) is 0.632. The van der Waals surface area contributed by atoms with Crippen molar-refractivity contribution in [2.24, 2.45) is 0 Å². The van der Waals surface area contributed by atoms with Gasteiger partial charge >= 0.3 is 20.8 Å². The van der Waals surface area contributed by atoms with Crippen LogP contribution in [0.4, 0.5) is 0 Å². The molecular formula is CH12N2O11S3. The summed E-state index contributed by atoms with van der Waals surface area (Å²) >= 11 is -2.02. The van der Waals surface area contributed by atoms with Gasteiger partial charge in [-0.15, -0.1) is 0 Å². The predicted octanol–water partition coefficient (Wildman–Crippen LogP) is -1.98. The molecule has 0 bridgehead atoms. The van der Waals surface area contributed by atoms with Gasteiger partial charge in [0.05, 0.1) is 0 Å². The summed E-state index contributed by atoms with van der Waals surface area (Å²) in [4.78, 5) is 0. The molecule has 0 fully saturated rings. The lowest BCUT2D eigenvalue weighted by Crippen LogP contribution is -2.10. The van der Waals surface area contributed by atoms with Gasteiger partial charge in [0, 0.05) is 0 Å². The van der Waals surface area contributed by atoms with E-state index >= 15 is 0 Å². The van der Waals surface area contributed by atoms with Crippen molar-refractivity contribution in [3.63, 3.8) is 0 Å². The van der Waals surface area contributed by atoms with Crippen LogP contribution in [-0.4, -0.2) is 45.7 Å². The molecular weight excluding hydrogens is 312 g/mol. The van der Waals surface area contributed by atoms with Gasteiger partial charge in [-0.2, -0.15) is 16.8 Å². The molecule has 0 aromatic rings. The first kappa shape index (κ1) is 25.5. The second kappa shape index (κ2) is 10.9. The van der Waals surface area contributed by atoms with Crippen LogP contribution in [0, 0.1) is 0 Å². The Labute approximate surface area is 99.0 Å². The number of aliphatic hydroxyl groups excluding tert-OH is 1. The van der Waals surface area contributed by atoms with Crippen molar-refractivity contribution < 1.29 is 48.5 Å². The summed E-state index contributed by atoms with van der Waals surface area (Å²) in [5.74, 6) is -0.667. The van der Waals surface area contributed by atoms with Gasteiger partial charge in [0.1, 0.15) is 5.94 Å². The third-order valence-electron chi connectivity index (χ3n) is 0.310. The summed E-state index contributed by atoms with van der Waals surface area (Å²) in [5, 5.41) is 7.59. The van der Waals surface area contributed by atoms with Gasteiger partial charge in [-0.05, 0) is 0 Å². The predicted molar refractivity (Wildman–Crippen MR) is 53.2 cm³/mol. The molecule has 0 saturated carbocycles. The fourth-order valence-electron chi connectivity index (χ4n) is 0.0702. The Hall–Kier alpha value is -0.270. The van der Waals surface area contributed by atoms with E-state index in [0.717, 1.165) is 0 Å². The van der Waals surface area contributed by atoms with Crippen molar-refractivity contribution in [2.75, 3.05) is 5.94 Å². The molecule has 0 saturated heterocycles. The molecule has 0 radical (unpaired) electrons. The molecule has 16 heteroatoms. The maximum Gasteiger partial charge on any atom is 0.425 e. The van der Waals surface area contributed by atoms with Crippen molar-refractivity contribution in [3.8, 4) is 0 Å². The van der Waals surface area contributed by atoms with Gasteiger partial charge in [0.25, 0.3) is 0 Å². The monoisotopic (exact) mass is 324 g/mol. The maximum atomic E-state index is 9.51. The smallest absolute Gasteiger partial charge is 0.381 e. The number of hydrogen-bond donors (Lipinski definition) is 6. The molecule has 0 spiro atoms. The Balaban J connectivity index is -0.000000105. The molecule has 0 aliphatic carbocycles. The molecule has 10 N–H and O–H groups in total. The molecule has 17 heavy (non-hydrogen) atoms. The van der Waals surface area contributed by atoms with Crippen LogP contribution in [0.2, 0.25) is 0 Å². The Kier molecular flexibility index (Phi) is 16.3. The van der Waals surface area contributed by atoms with Crippen LogP contribution in [0.25, 0.3) is 0 Å². The highest BCUT2D eigenvalue weighted by Gasteiger charge is 2.13. The molecule has 110 valence electrons. The first-order valence-corrected chi connectivity index (χ1v) is 6.49. The Morgan fingerprint density at radius 3 is 1.18 bits per heavy atom. The highest BCUT2D eigenvalue weighted by atomic mass is 32.3. The third kappa shape index (κ3) is 38.9. The van der Waals surface area contributed by atoms with E-state index in [4.69, 9.17) is 18.8 Å². The Bertz CT molecular complexity index is 349. The minimum absolute atomic E-state index is 0. The molecule has 13 nitrogen and oxygen atoms in total. The summed E-state index contributed by atoms with van der Waals surface area (Å²) < 4.78 is 75.7. The molecule has 0 rings (SSSR count). The van der Waals surface area contributed by atoms with Gasteiger partial charge in [-0.3, -0.25) is 9.11 Å². The molecule has 0 amide bonds. The molecule has 0 heterocycles. The minimum Gasteiger partial charge on any atom is -0.381 e. The summed E-state index contributed by atoms with van der Waals surface area (Å²) in [7, 11) is -10.0. The highest BCUT2D eigenvalue weighted by Crippen LogP contribution is 1.92. The largest absolute Gasteiger partial charge is 0.425 e. The van der Waals surface area contributed by atoms with E-state index in [1.807, 2.05) is 0 Å². The van der Waals surface area contributed by atoms with Gasteiger partial charge in [0.2, 0.25) is 0 Å². The summed E-state index contributed by atoms with van der Waals surface area (Å²) in [6.45, 7) is 0. The normalized spacial score (nSPS) is 12.2. The van der Waals surface area contributed by atoms with Crippen molar-refractivity contribution in [2.45, 2.75) is 0 Å². The van der Waals surface area contributed by atoms with Gasteiger partial charge in [0.15, 0.2) is 11.1 Å². The van der Waals surface area contributed by atoms with Crippen molar-refractivity contribution >= 4 is 31.9 Å². The Morgan fingerprint density at radius 1 is 0.941 bits per heavy atom. The van der Waals surface area contributed by atoms with Crippen molar-refractivity contribution in [1.82, 2.24) is 12.3 Å². The van der Waals surface area contributed by atoms with E-state index in [2.05, 4.69) is 8.67 Å². The molecule has 0 aliphatic rings. The van der Waals surface area contributed by atoms with E-state index in [1.165, 1.54) is 0 Å². The van der Waals surface area contributed by atoms with Gasteiger partial charge in [-0.25, -0.2) is 4.21 Å². The third-order valence-corrected chi connectivity index (χ3v) is 1.10. The molecule has 0 aromatic carbocycles. The SMILES string of the molecule is N.N.O=S(=O)(O)OOS(=O)(=O)O.O=S(O)CO. The quantitative estimate of drug-likeness (QED) is 0.142. The zero-order valence-electron chi connectivity index (χ0n) is 7.99. The van der Waals surface area contributed by atoms with Gasteiger partial charge < -0.3 is 22.0 Å². The number of aliphatic hydroxyl groups is 1. The van der Waals surface area contributed by atoms with Crippen LogP contribution in [-0.2, 0) is 40.5 Å². The summed E-state index contributed by atoms with van der Waals surface area (Å²) in [5.41, 5.74) is 0. The average molecular weight is 324 g/mol. The lowest BCUT2D eigenvalue weighted by Gasteiger charge is -1.92. The van der Waals surface area contributed by atoms with Crippen LogP contribution >= 0.6 is 0 Å². The second-order valence-corrected chi connectivity index (χ2v) is 4.33. The zero-order valence-corrected chi connectivity index (χ0v) is 10.4. The first-order chi connectivity index (χ1) is 6.48. The van der Waals surface area contributed by atoms with Crippen molar-refractivity contribution in [1.29, 1.82) is 0 Å². The van der Waals surface area contributed by atoms with E-state index in [-0.39, 0.29) is 12.3 Å². The summed E-state index contributed by atoms with van der Waals surface area (Å²) in [6, 6.07) is 0. The van der Waals surface area contributed by atoms with E-state index in [9.17, 15) is 21.0 Å². The highest BCUT2D eigenvalue weighted by molar-refractivity contribution is 7.83. The van der Waals surface area contributed by atoms with Crippen molar-refractivity contribution in [3.05, 3.63) is 0 Å². The Morgan fingerprint density at radius 2 is 1.12 bits per heavy atom. The first-order valence-electron chi connectivity index (χ1n) is 2.49. The maximum absolute atomic E-state index is 9.51. The fraction of sp³-hybridized carbons (Fsp3) is 1.00. The lowest BCUT2D eigenvalue weighted by molar-refractivity contribution is -0.105. The lowest BCUT2D eigenvalue weighted by atomic mass is 11.7. The van der Waals surface area contributed by atoms with Gasteiger partial charge in [-0.1, -0.05) is 8.67 Å². The van der Waals surface area contributed by atoms with E-state index in [0.29, 0.717) is 0 Å². The van der Waals surface area contributed by atoms with E-state index < -0.39 is 37.8 Å². The van der Waals surface area contributed by atoms with Crippen LogP contribution in [0.15, 0.2) is 0 Å². The van der Waals surface area contributed by atoms with Crippen LogP contribution in [0.1, 0.15) is 0 Å². The van der Waals surface area contributed by atoms with Crippen LogP contribution in [0.3, 0.4) is 0 Å². The molecule has 0 aromatic heterocycles. The standard InChI is InChI=1S/CH4O3S.2H3N.H2O8S2/c2-1-5(3)4;;;1-9(2,3)7-8-10(4,5)6/h2H,1H2,(H,3,4);2*1H3;(H,1,2,3)(H,4,5,6). The van der Waals surface area contributed by atoms with Crippen LogP contribution in [0.5, 0.6) is 0 Å². The molecule has 1 unspecified atom stereocenters. The average Bonchev–Trinajstić information content (AvgIpc) is 2.00. The zero-order chi connectivity index (χ0) is 12.7. The van der Waals surface area contributed by atoms with E-state index in [1.54, 1.807) is 0 Å². The summed E-state index contributed by atoms with van der Waals surface area (Å²) in [6.07, 6.45) is 0. The topological polar surface area (TPSA) is 255 Å².